The van der Waals surface area contributed by atoms with Crippen molar-refractivity contribution in [2.45, 2.75) is 13.0 Å². The second kappa shape index (κ2) is 5.60. The van der Waals surface area contributed by atoms with Gasteiger partial charge in [-0.3, -0.25) is 4.98 Å². The Morgan fingerprint density at radius 2 is 1.94 bits per heavy atom. The minimum absolute atomic E-state index is 0.0245. The van der Waals surface area contributed by atoms with Crippen LogP contribution in [0.25, 0.3) is 0 Å². The Kier molecular flexibility index (Phi) is 3.89. The van der Waals surface area contributed by atoms with Gasteiger partial charge in [0.1, 0.15) is 5.82 Å². The quantitative estimate of drug-likeness (QED) is 0.870. The molecule has 0 radical (unpaired) electrons. The number of halogens is 1. The molecule has 0 amide bonds. The molecule has 0 fully saturated rings. The number of nitrogens with two attached hydrogens (primary N) is 1. The fraction of sp³-hybridized carbons (Fsp3) is 0.214. The van der Waals surface area contributed by atoms with E-state index in [4.69, 9.17) is 5.73 Å². The summed E-state index contributed by atoms with van der Waals surface area (Å²) in [7, 11) is 0. The van der Waals surface area contributed by atoms with Crippen molar-refractivity contribution >= 4 is 5.69 Å². The van der Waals surface area contributed by atoms with Gasteiger partial charge in [-0.25, -0.2) is 4.39 Å². The molecule has 1 unspecified atom stereocenters. The van der Waals surface area contributed by atoms with Crippen LogP contribution in [0.5, 0.6) is 0 Å². The van der Waals surface area contributed by atoms with E-state index in [1.54, 1.807) is 12.1 Å². The van der Waals surface area contributed by atoms with E-state index in [-0.39, 0.29) is 11.9 Å². The molecule has 1 aromatic carbocycles. The molecule has 1 aromatic heterocycles. The molecule has 3 nitrogen and oxygen atoms in total. The van der Waals surface area contributed by atoms with Gasteiger partial charge in [-0.05, 0) is 42.8 Å². The van der Waals surface area contributed by atoms with E-state index in [1.807, 2.05) is 25.3 Å². The topological polar surface area (TPSA) is 50.9 Å². The summed E-state index contributed by atoms with van der Waals surface area (Å²) in [6, 6.07) is 10.1. The Morgan fingerprint density at radius 1 is 1.22 bits per heavy atom. The van der Waals surface area contributed by atoms with Crippen molar-refractivity contribution in [3.05, 3.63) is 59.7 Å². The highest BCUT2D eigenvalue weighted by Crippen LogP contribution is 2.18. The van der Waals surface area contributed by atoms with E-state index < -0.39 is 0 Å². The third-order valence-electron chi connectivity index (χ3n) is 2.76. The molecule has 1 heterocycles. The summed E-state index contributed by atoms with van der Waals surface area (Å²) in [6.07, 6.45) is 1.81. The zero-order chi connectivity index (χ0) is 13.0. The lowest BCUT2D eigenvalue weighted by Gasteiger charge is -2.18. The van der Waals surface area contributed by atoms with Crippen molar-refractivity contribution in [1.82, 2.24) is 4.98 Å². The maximum atomic E-state index is 12.8. The predicted molar refractivity (Wildman–Crippen MR) is 70.8 cm³/mol. The largest absolute Gasteiger partial charge is 0.377 e. The number of hydrogen-bond donors (Lipinski definition) is 2. The Bertz CT molecular complexity index is 493. The van der Waals surface area contributed by atoms with Gasteiger partial charge >= 0.3 is 0 Å². The second-order valence-corrected chi connectivity index (χ2v) is 4.17. The first-order valence-corrected chi connectivity index (χ1v) is 5.84. The molecule has 0 spiro atoms. The van der Waals surface area contributed by atoms with Crippen molar-refractivity contribution in [3.63, 3.8) is 0 Å². The fourth-order valence-corrected chi connectivity index (χ4v) is 1.71. The molecule has 0 aliphatic carbocycles. The first-order valence-electron chi connectivity index (χ1n) is 5.84. The third-order valence-corrected chi connectivity index (χ3v) is 2.76. The summed E-state index contributed by atoms with van der Waals surface area (Å²) in [5, 5.41) is 3.26. The van der Waals surface area contributed by atoms with E-state index >= 15 is 0 Å². The average molecular weight is 245 g/mol. The predicted octanol–water partition coefficient (Wildman–Crippen LogP) is 2.64. The van der Waals surface area contributed by atoms with Crippen LogP contribution >= 0.6 is 0 Å². The summed E-state index contributed by atoms with van der Waals surface area (Å²) >= 11 is 0. The number of hydrogen-bond acceptors (Lipinski definition) is 3. The van der Waals surface area contributed by atoms with Gasteiger partial charge in [-0.1, -0.05) is 6.07 Å². The standard InChI is InChI=1S/C14H16FN3/c1-10-2-3-11(9-17-10)14(8-16)18-13-6-4-12(15)5-7-13/h2-7,9,14,18H,8,16H2,1H3. The summed E-state index contributed by atoms with van der Waals surface area (Å²) in [4.78, 5) is 4.25. The maximum Gasteiger partial charge on any atom is 0.123 e. The Balaban J connectivity index is 2.14. The van der Waals surface area contributed by atoms with Crippen LogP contribution in [0.4, 0.5) is 10.1 Å². The number of aromatic nitrogens is 1. The highest BCUT2D eigenvalue weighted by molar-refractivity contribution is 5.45. The van der Waals surface area contributed by atoms with E-state index in [0.717, 1.165) is 16.9 Å². The highest BCUT2D eigenvalue weighted by Gasteiger charge is 2.09. The molecular weight excluding hydrogens is 229 g/mol. The van der Waals surface area contributed by atoms with Crippen LogP contribution in [0.1, 0.15) is 17.3 Å². The van der Waals surface area contributed by atoms with Gasteiger partial charge in [0, 0.05) is 24.1 Å². The number of pyridine rings is 1. The normalized spacial score (nSPS) is 12.2. The van der Waals surface area contributed by atoms with Gasteiger partial charge in [0.05, 0.1) is 6.04 Å². The van der Waals surface area contributed by atoms with Crippen molar-refractivity contribution in [3.8, 4) is 0 Å². The second-order valence-electron chi connectivity index (χ2n) is 4.17. The molecular formula is C14H16FN3. The molecule has 0 saturated carbocycles. The summed E-state index contributed by atoms with van der Waals surface area (Å²) in [6.45, 7) is 2.39. The van der Waals surface area contributed by atoms with E-state index in [2.05, 4.69) is 10.3 Å². The molecule has 3 N–H and O–H groups in total. The number of aryl methyl sites for hydroxylation is 1. The van der Waals surface area contributed by atoms with Crippen molar-refractivity contribution in [2.75, 3.05) is 11.9 Å². The van der Waals surface area contributed by atoms with Crippen LogP contribution in [0, 0.1) is 12.7 Å². The molecule has 94 valence electrons. The molecule has 0 saturated heterocycles. The number of rotatable bonds is 4. The van der Waals surface area contributed by atoms with Gasteiger partial charge in [0.25, 0.3) is 0 Å². The number of anilines is 1. The first-order chi connectivity index (χ1) is 8.69. The highest BCUT2D eigenvalue weighted by atomic mass is 19.1. The van der Waals surface area contributed by atoms with E-state index in [1.165, 1.54) is 12.1 Å². The average Bonchev–Trinajstić information content (AvgIpc) is 2.39. The van der Waals surface area contributed by atoms with Gasteiger partial charge in [0.15, 0.2) is 0 Å². The van der Waals surface area contributed by atoms with Crippen molar-refractivity contribution < 1.29 is 4.39 Å². The summed E-state index contributed by atoms with van der Waals surface area (Å²) in [5.74, 6) is -0.248. The minimum atomic E-state index is -0.248. The SMILES string of the molecule is Cc1ccc(C(CN)Nc2ccc(F)cc2)cn1. The van der Waals surface area contributed by atoms with Crippen LogP contribution in [0.3, 0.4) is 0 Å². The fourth-order valence-electron chi connectivity index (χ4n) is 1.71. The molecule has 2 rings (SSSR count). The lowest BCUT2D eigenvalue weighted by atomic mass is 10.1. The van der Waals surface area contributed by atoms with Crippen LogP contribution in [-0.2, 0) is 0 Å². The number of benzene rings is 1. The molecule has 1 atom stereocenters. The summed E-state index contributed by atoms with van der Waals surface area (Å²) < 4.78 is 12.8. The van der Waals surface area contributed by atoms with Crippen LogP contribution in [0.15, 0.2) is 42.6 Å². The third kappa shape index (κ3) is 3.05. The van der Waals surface area contributed by atoms with Crippen LogP contribution in [0.2, 0.25) is 0 Å². The molecule has 18 heavy (non-hydrogen) atoms. The molecule has 2 aromatic rings. The molecule has 0 aliphatic heterocycles. The van der Waals surface area contributed by atoms with Crippen LogP contribution < -0.4 is 11.1 Å². The summed E-state index contributed by atoms with van der Waals surface area (Å²) in [5.41, 5.74) is 8.59. The first kappa shape index (κ1) is 12.5. The van der Waals surface area contributed by atoms with Gasteiger partial charge in [-0.2, -0.15) is 0 Å². The monoisotopic (exact) mass is 245 g/mol. The molecule has 0 bridgehead atoms. The minimum Gasteiger partial charge on any atom is -0.377 e. The lowest BCUT2D eigenvalue weighted by molar-refractivity contribution is 0.628. The Labute approximate surface area is 106 Å². The van der Waals surface area contributed by atoms with Crippen molar-refractivity contribution in [2.24, 2.45) is 5.73 Å². The smallest absolute Gasteiger partial charge is 0.123 e. The van der Waals surface area contributed by atoms with E-state index in [9.17, 15) is 4.39 Å². The van der Waals surface area contributed by atoms with Gasteiger partial charge < -0.3 is 11.1 Å². The number of nitrogens with one attached hydrogen (secondary N) is 1. The van der Waals surface area contributed by atoms with Gasteiger partial charge in [0.2, 0.25) is 0 Å². The molecule has 4 heteroatoms. The van der Waals surface area contributed by atoms with E-state index in [0.29, 0.717) is 6.54 Å². The zero-order valence-electron chi connectivity index (χ0n) is 10.2. The molecule has 0 aliphatic rings. The van der Waals surface area contributed by atoms with Crippen molar-refractivity contribution in [1.29, 1.82) is 0 Å². The maximum absolute atomic E-state index is 12.8. The van der Waals surface area contributed by atoms with Crippen LogP contribution in [-0.4, -0.2) is 11.5 Å². The zero-order valence-corrected chi connectivity index (χ0v) is 10.2. The van der Waals surface area contributed by atoms with Gasteiger partial charge in [-0.15, -0.1) is 0 Å². The number of nitrogens with zero attached hydrogens (tertiary/aromatic N) is 1. The lowest BCUT2D eigenvalue weighted by Crippen LogP contribution is -2.20. The Morgan fingerprint density at radius 3 is 2.50 bits per heavy atom. The Hall–Kier alpha value is -1.94.